The minimum Gasteiger partial charge on any atom is -0.391 e. The van der Waals surface area contributed by atoms with Crippen LogP contribution in [0.1, 0.15) is 42.3 Å². The molecule has 4 heterocycles. The second-order valence-corrected chi connectivity index (χ2v) is 12.7. The lowest BCUT2D eigenvalue weighted by atomic mass is 9.86. The average Bonchev–Trinajstić information content (AvgIpc) is 3.38. The molecule has 0 saturated carbocycles. The highest BCUT2D eigenvalue weighted by Gasteiger charge is 2.23. The van der Waals surface area contributed by atoms with Crippen molar-refractivity contribution in [2.75, 3.05) is 6.26 Å². The maximum Gasteiger partial charge on any atom is 0.283 e. The number of fused-ring (bicyclic) bond motifs is 1. The van der Waals surface area contributed by atoms with Crippen LogP contribution in [-0.2, 0) is 21.9 Å². The second-order valence-electron chi connectivity index (χ2n) is 10.7. The zero-order valence-corrected chi connectivity index (χ0v) is 23.8. The van der Waals surface area contributed by atoms with Crippen LogP contribution in [0.5, 0.6) is 0 Å². The standard InChI is InChI=1S/C28H26FN7O5S/c1-28(2,3)17-7-15-11-33-36(27(39)23(15)21(29)9-17)26-20(14-37)22(5-6-32-26)35-13-19(25(30)38)24(34-35)16-8-18(12-31-10-16)42(4,40)41/h5-13,37H,14H2,1-4H3,(H2,30,38). The van der Waals surface area contributed by atoms with Crippen molar-refractivity contribution in [3.05, 3.63) is 88.1 Å². The van der Waals surface area contributed by atoms with Crippen LogP contribution in [0.25, 0.3) is 33.5 Å². The number of hydrogen-bond donors (Lipinski definition) is 2. The summed E-state index contributed by atoms with van der Waals surface area (Å²) in [7, 11) is -3.61. The normalized spacial score (nSPS) is 12.1. The molecule has 0 fully saturated rings. The van der Waals surface area contributed by atoms with Gasteiger partial charge in [-0.2, -0.15) is 14.9 Å². The number of aliphatic hydroxyl groups excluding tert-OH is 1. The quantitative estimate of drug-likeness (QED) is 0.300. The van der Waals surface area contributed by atoms with E-state index in [0.717, 1.165) is 10.9 Å². The number of benzene rings is 1. The molecule has 5 rings (SSSR count). The van der Waals surface area contributed by atoms with Crippen molar-refractivity contribution in [2.24, 2.45) is 5.73 Å². The summed E-state index contributed by atoms with van der Waals surface area (Å²) < 4.78 is 41.5. The minimum atomic E-state index is -3.61. The Kier molecular flexibility index (Phi) is 6.99. The summed E-state index contributed by atoms with van der Waals surface area (Å²) in [5.74, 6) is -1.65. The van der Waals surface area contributed by atoms with Gasteiger partial charge in [-0.3, -0.25) is 14.6 Å². The summed E-state index contributed by atoms with van der Waals surface area (Å²) >= 11 is 0. The van der Waals surface area contributed by atoms with Gasteiger partial charge in [0.15, 0.2) is 15.7 Å². The summed E-state index contributed by atoms with van der Waals surface area (Å²) in [6, 6.07) is 5.81. The van der Waals surface area contributed by atoms with Crippen molar-refractivity contribution in [1.82, 2.24) is 29.5 Å². The Balaban J connectivity index is 1.69. The number of aliphatic hydroxyl groups is 1. The Labute approximate surface area is 239 Å². The third kappa shape index (κ3) is 5.05. The first-order chi connectivity index (χ1) is 19.7. The maximum atomic E-state index is 15.2. The van der Waals surface area contributed by atoms with E-state index < -0.39 is 33.7 Å². The monoisotopic (exact) mass is 591 g/mol. The van der Waals surface area contributed by atoms with Gasteiger partial charge < -0.3 is 10.8 Å². The van der Waals surface area contributed by atoms with Gasteiger partial charge in [-0.05, 0) is 35.2 Å². The van der Waals surface area contributed by atoms with Crippen LogP contribution in [-0.4, -0.2) is 55.2 Å². The molecule has 0 bridgehead atoms. The molecule has 0 spiro atoms. The summed E-state index contributed by atoms with van der Waals surface area (Å²) in [6.07, 6.45) is 7.50. The number of primary amides is 1. The molecule has 3 N–H and O–H groups in total. The number of nitrogens with two attached hydrogens (primary N) is 1. The van der Waals surface area contributed by atoms with E-state index in [1.165, 1.54) is 53.9 Å². The fourth-order valence-electron chi connectivity index (χ4n) is 4.48. The van der Waals surface area contributed by atoms with Crippen molar-refractivity contribution in [2.45, 2.75) is 37.7 Å². The first-order valence-corrected chi connectivity index (χ1v) is 14.5. The summed E-state index contributed by atoms with van der Waals surface area (Å²) in [5.41, 5.74) is 5.64. The van der Waals surface area contributed by atoms with Crippen molar-refractivity contribution in [3.63, 3.8) is 0 Å². The molecule has 0 unspecified atom stereocenters. The van der Waals surface area contributed by atoms with Gasteiger partial charge in [-0.15, -0.1) is 0 Å². The molecule has 14 heteroatoms. The zero-order valence-electron chi connectivity index (χ0n) is 23.0. The molecule has 12 nitrogen and oxygen atoms in total. The van der Waals surface area contributed by atoms with Gasteiger partial charge in [0.1, 0.15) is 11.5 Å². The van der Waals surface area contributed by atoms with E-state index in [1.54, 1.807) is 6.07 Å². The van der Waals surface area contributed by atoms with Gasteiger partial charge in [0, 0.05) is 47.6 Å². The Morgan fingerprint density at radius 2 is 1.88 bits per heavy atom. The lowest BCUT2D eigenvalue weighted by Crippen LogP contribution is -2.25. The van der Waals surface area contributed by atoms with Crippen LogP contribution in [0.15, 0.2) is 64.9 Å². The number of carbonyl (C=O) groups is 1. The number of halogens is 1. The highest BCUT2D eigenvalue weighted by atomic mass is 32.2. The number of nitrogens with zero attached hydrogens (tertiary/aromatic N) is 6. The number of aromatic nitrogens is 6. The van der Waals surface area contributed by atoms with Crippen LogP contribution in [0, 0.1) is 5.82 Å². The number of sulfone groups is 1. The van der Waals surface area contributed by atoms with Crippen molar-refractivity contribution in [3.8, 4) is 22.8 Å². The van der Waals surface area contributed by atoms with Crippen molar-refractivity contribution in [1.29, 1.82) is 0 Å². The molecule has 1 aromatic carbocycles. The van der Waals surface area contributed by atoms with E-state index in [4.69, 9.17) is 5.73 Å². The van der Waals surface area contributed by atoms with E-state index in [2.05, 4.69) is 20.2 Å². The predicted molar refractivity (Wildman–Crippen MR) is 152 cm³/mol. The summed E-state index contributed by atoms with van der Waals surface area (Å²) in [5, 5.41) is 19.1. The Morgan fingerprint density at radius 1 is 1.14 bits per heavy atom. The molecule has 42 heavy (non-hydrogen) atoms. The SMILES string of the molecule is CC(C)(C)c1cc(F)c2c(=O)n(-c3nccc(-n4cc(C(N)=O)c(-c5cncc(S(C)(=O)=O)c5)n4)c3CO)ncc2c1. The van der Waals surface area contributed by atoms with Crippen LogP contribution < -0.4 is 11.3 Å². The fraction of sp³-hybridized carbons (Fsp3) is 0.214. The fourth-order valence-corrected chi connectivity index (χ4v) is 5.07. The van der Waals surface area contributed by atoms with Gasteiger partial charge in [0.2, 0.25) is 0 Å². The topological polar surface area (TPSA) is 176 Å². The molecule has 0 aliphatic heterocycles. The van der Waals surface area contributed by atoms with E-state index in [0.29, 0.717) is 10.9 Å². The molecule has 0 saturated heterocycles. The molecule has 216 valence electrons. The van der Waals surface area contributed by atoms with Crippen LogP contribution in [0.2, 0.25) is 0 Å². The highest BCUT2D eigenvalue weighted by molar-refractivity contribution is 7.90. The van der Waals surface area contributed by atoms with Crippen LogP contribution in [0.4, 0.5) is 4.39 Å². The summed E-state index contributed by atoms with van der Waals surface area (Å²) in [4.78, 5) is 33.9. The lowest BCUT2D eigenvalue weighted by molar-refractivity contribution is 0.100. The molecule has 5 aromatic rings. The first kappa shape index (κ1) is 28.7. The van der Waals surface area contributed by atoms with Gasteiger partial charge in [0.25, 0.3) is 11.5 Å². The van der Waals surface area contributed by atoms with E-state index in [9.17, 15) is 23.1 Å². The summed E-state index contributed by atoms with van der Waals surface area (Å²) in [6.45, 7) is 5.14. The van der Waals surface area contributed by atoms with E-state index in [-0.39, 0.29) is 49.6 Å². The smallest absolute Gasteiger partial charge is 0.283 e. The number of amides is 1. The third-order valence-electron chi connectivity index (χ3n) is 6.71. The van der Waals surface area contributed by atoms with Crippen molar-refractivity contribution >= 4 is 26.5 Å². The van der Waals surface area contributed by atoms with Crippen molar-refractivity contribution < 1.29 is 22.7 Å². The Bertz CT molecular complexity index is 2060. The molecular formula is C28H26FN7O5S. The molecule has 0 radical (unpaired) electrons. The Hall–Kier alpha value is -4.82. The minimum absolute atomic E-state index is 0.0421. The number of hydrogen-bond acceptors (Lipinski definition) is 9. The van der Waals surface area contributed by atoms with E-state index >= 15 is 4.39 Å². The molecular weight excluding hydrogens is 565 g/mol. The average molecular weight is 592 g/mol. The van der Waals surface area contributed by atoms with Gasteiger partial charge in [-0.25, -0.2) is 22.5 Å². The first-order valence-electron chi connectivity index (χ1n) is 12.6. The van der Waals surface area contributed by atoms with Gasteiger partial charge in [-0.1, -0.05) is 20.8 Å². The maximum absolute atomic E-state index is 15.2. The van der Waals surface area contributed by atoms with Gasteiger partial charge in [0.05, 0.1) is 34.3 Å². The molecule has 0 aliphatic carbocycles. The molecule has 0 atom stereocenters. The molecule has 1 amide bonds. The number of rotatable bonds is 6. The zero-order chi connectivity index (χ0) is 30.6. The predicted octanol–water partition coefficient (Wildman–Crippen LogP) is 2.46. The Morgan fingerprint density at radius 3 is 2.52 bits per heavy atom. The number of carbonyl (C=O) groups excluding carboxylic acids is 1. The van der Waals surface area contributed by atoms with Gasteiger partial charge >= 0.3 is 0 Å². The number of pyridine rings is 2. The third-order valence-corrected chi connectivity index (χ3v) is 7.79. The molecule has 0 aliphatic rings. The lowest BCUT2D eigenvalue weighted by Gasteiger charge is -2.20. The largest absolute Gasteiger partial charge is 0.391 e. The highest BCUT2D eigenvalue weighted by Crippen LogP contribution is 2.29. The van der Waals surface area contributed by atoms with Crippen LogP contribution in [0.3, 0.4) is 0 Å². The van der Waals surface area contributed by atoms with E-state index in [1.807, 2.05) is 20.8 Å². The molecule has 4 aromatic heterocycles. The van der Waals surface area contributed by atoms with Crippen LogP contribution >= 0.6 is 0 Å². The second kappa shape index (κ2) is 10.2.